The van der Waals surface area contributed by atoms with Gasteiger partial charge in [0.1, 0.15) is 0 Å². The van der Waals surface area contributed by atoms with Gasteiger partial charge in [-0.1, -0.05) is 48.0 Å². The van der Waals surface area contributed by atoms with Crippen molar-refractivity contribution in [2.24, 2.45) is 0 Å². The van der Waals surface area contributed by atoms with Crippen LogP contribution in [0.3, 0.4) is 0 Å². The summed E-state index contributed by atoms with van der Waals surface area (Å²) in [5.41, 5.74) is 5.49. The van der Waals surface area contributed by atoms with Crippen molar-refractivity contribution in [3.63, 3.8) is 0 Å². The first-order valence-electron chi connectivity index (χ1n) is 9.54. The van der Waals surface area contributed by atoms with Gasteiger partial charge in [0.2, 0.25) is 5.95 Å². The second-order valence-electron chi connectivity index (χ2n) is 7.06. The fraction of sp³-hybridized carbons (Fsp3) is 0.0833. The van der Waals surface area contributed by atoms with Crippen molar-refractivity contribution < 1.29 is 9.53 Å². The lowest BCUT2D eigenvalue weighted by molar-refractivity contribution is 0.0600. The maximum absolute atomic E-state index is 11.8. The fourth-order valence-electron chi connectivity index (χ4n) is 3.79. The molecule has 1 N–H and O–H groups in total. The summed E-state index contributed by atoms with van der Waals surface area (Å²) in [5, 5.41) is 4.15. The van der Waals surface area contributed by atoms with Crippen LogP contribution in [0.4, 0.5) is 5.95 Å². The molecule has 30 heavy (non-hydrogen) atoms. The van der Waals surface area contributed by atoms with E-state index in [1.165, 1.54) is 7.11 Å². The molecule has 0 fully saturated rings. The molecule has 4 aromatic rings. The van der Waals surface area contributed by atoms with E-state index < -0.39 is 0 Å². The van der Waals surface area contributed by atoms with Crippen molar-refractivity contribution in [1.29, 1.82) is 0 Å². The maximum Gasteiger partial charge on any atom is 0.337 e. The molecule has 1 aliphatic heterocycles. The van der Waals surface area contributed by atoms with Gasteiger partial charge < -0.3 is 10.1 Å². The summed E-state index contributed by atoms with van der Waals surface area (Å²) in [4.78, 5) is 16.6. The van der Waals surface area contributed by atoms with Crippen molar-refractivity contribution in [3.8, 4) is 0 Å². The van der Waals surface area contributed by atoms with Crippen molar-refractivity contribution >= 4 is 40.2 Å². The number of methoxy groups -OCH3 is 1. The van der Waals surface area contributed by atoms with Gasteiger partial charge in [-0.3, -0.25) is 4.57 Å². The molecule has 0 bridgehead atoms. The molecule has 0 saturated heterocycles. The van der Waals surface area contributed by atoms with Gasteiger partial charge in [-0.15, -0.1) is 0 Å². The van der Waals surface area contributed by atoms with Crippen LogP contribution >= 0.6 is 11.6 Å². The Labute approximate surface area is 178 Å². The van der Waals surface area contributed by atoms with Crippen LogP contribution in [-0.2, 0) is 4.74 Å². The van der Waals surface area contributed by atoms with Gasteiger partial charge in [0, 0.05) is 10.7 Å². The van der Waals surface area contributed by atoms with Gasteiger partial charge in [-0.25, -0.2) is 9.78 Å². The number of nitrogens with zero attached hydrogens (tertiary/aromatic N) is 2. The first-order valence-corrected chi connectivity index (χ1v) is 9.92. The van der Waals surface area contributed by atoms with Crippen LogP contribution in [-0.4, -0.2) is 22.6 Å². The average Bonchev–Trinajstić information content (AvgIpc) is 3.17. The molecule has 0 radical (unpaired) electrons. The molecule has 1 aliphatic rings. The van der Waals surface area contributed by atoms with Gasteiger partial charge in [-0.05, 0) is 53.6 Å². The van der Waals surface area contributed by atoms with E-state index >= 15 is 0 Å². The standard InChI is InChI=1S/C24H18ClN3O2/c1-30-23(29)17-8-6-16(7-9-17)22-14-20(15-10-12-18(25)13-11-15)27-24-26-19-4-2-3-5-21(19)28(22)24/h2-14,22H,1H3,(H,26,27). The number of rotatable bonds is 3. The van der Waals surface area contributed by atoms with Crippen LogP contribution in [0.2, 0.25) is 5.02 Å². The lowest BCUT2D eigenvalue weighted by Crippen LogP contribution is -2.19. The van der Waals surface area contributed by atoms with Crippen molar-refractivity contribution in [2.45, 2.75) is 6.04 Å². The normalized spacial score (nSPS) is 15.3. The Morgan fingerprint density at radius 2 is 1.77 bits per heavy atom. The molecule has 2 heterocycles. The van der Waals surface area contributed by atoms with Crippen molar-refractivity contribution in [2.75, 3.05) is 12.4 Å². The molecule has 1 aromatic heterocycles. The largest absolute Gasteiger partial charge is 0.465 e. The van der Waals surface area contributed by atoms with E-state index in [1.54, 1.807) is 12.1 Å². The summed E-state index contributed by atoms with van der Waals surface area (Å²) in [6.45, 7) is 0. The number of fused-ring (bicyclic) bond motifs is 3. The molecule has 5 rings (SSSR count). The minimum Gasteiger partial charge on any atom is -0.465 e. The molecule has 148 valence electrons. The Morgan fingerprint density at radius 1 is 1.03 bits per heavy atom. The molecule has 0 amide bonds. The molecular formula is C24H18ClN3O2. The Bertz CT molecular complexity index is 1270. The number of benzene rings is 3. The fourth-order valence-corrected chi connectivity index (χ4v) is 3.91. The highest BCUT2D eigenvalue weighted by atomic mass is 35.5. The smallest absolute Gasteiger partial charge is 0.337 e. The molecular weight excluding hydrogens is 398 g/mol. The summed E-state index contributed by atoms with van der Waals surface area (Å²) in [6.07, 6.45) is 2.16. The zero-order valence-corrected chi connectivity index (χ0v) is 16.9. The molecule has 0 aliphatic carbocycles. The number of ether oxygens (including phenoxy) is 1. The number of carbonyl (C=O) groups is 1. The number of esters is 1. The number of nitrogens with one attached hydrogen (secondary N) is 1. The van der Waals surface area contributed by atoms with Gasteiger partial charge in [0.15, 0.2) is 0 Å². The number of allylic oxidation sites excluding steroid dienone is 1. The topological polar surface area (TPSA) is 56.1 Å². The number of anilines is 1. The average molecular weight is 416 g/mol. The molecule has 0 spiro atoms. The molecule has 3 aromatic carbocycles. The SMILES string of the molecule is COC(=O)c1ccc(C2C=C(c3ccc(Cl)cc3)Nc3nc4ccccc4n32)cc1. The van der Waals surface area contributed by atoms with E-state index in [9.17, 15) is 4.79 Å². The van der Waals surface area contributed by atoms with Gasteiger partial charge in [0.05, 0.1) is 29.7 Å². The number of hydrogen-bond acceptors (Lipinski definition) is 4. The third-order valence-corrected chi connectivity index (χ3v) is 5.53. The Kier molecular flexibility index (Phi) is 4.52. The van der Waals surface area contributed by atoms with Gasteiger partial charge >= 0.3 is 5.97 Å². The second kappa shape index (κ2) is 7.35. The van der Waals surface area contributed by atoms with E-state index in [-0.39, 0.29) is 12.0 Å². The lowest BCUT2D eigenvalue weighted by Gasteiger charge is -2.26. The minimum atomic E-state index is -0.349. The molecule has 1 atom stereocenters. The van der Waals surface area contributed by atoms with Crippen LogP contribution in [0, 0.1) is 0 Å². The number of aromatic nitrogens is 2. The summed E-state index contributed by atoms with van der Waals surface area (Å²) >= 11 is 6.07. The quantitative estimate of drug-likeness (QED) is 0.447. The van der Waals surface area contributed by atoms with Gasteiger partial charge in [0.25, 0.3) is 0 Å². The minimum absolute atomic E-state index is 0.0916. The predicted octanol–water partition coefficient (Wildman–Crippen LogP) is 5.53. The number of halogens is 1. The lowest BCUT2D eigenvalue weighted by atomic mass is 10.00. The number of imidazole rings is 1. The Hall–Kier alpha value is -3.57. The first kappa shape index (κ1) is 18.5. The summed E-state index contributed by atoms with van der Waals surface area (Å²) in [5.74, 6) is 0.420. The molecule has 5 nitrogen and oxygen atoms in total. The van der Waals surface area contributed by atoms with Crippen LogP contribution in [0.5, 0.6) is 0 Å². The zero-order valence-electron chi connectivity index (χ0n) is 16.2. The van der Waals surface area contributed by atoms with Crippen LogP contribution in [0.25, 0.3) is 16.7 Å². The monoisotopic (exact) mass is 415 g/mol. The zero-order chi connectivity index (χ0) is 20.7. The molecule has 6 heteroatoms. The van der Waals surface area contributed by atoms with E-state index in [2.05, 4.69) is 22.0 Å². The first-order chi connectivity index (χ1) is 14.6. The number of para-hydroxylation sites is 2. The van der Waals surface area contributed by atoms with E-state index in [4.69, 9.17) is 21.3 Å². The third-order valence-electron chi connectivity index (χ3n) is 5.27. The predicted molar refractivity (Wildman–Crippen MR) is 119 cm³/mol. The van der Waals surface area contributed by atoms with Crippen LogP contribution in [0.15, 0.2) is 78.9 Å². The van der Waals surface area contributed by atoms with E-state index in [0.29, 0.717) is 10.6 Å². The van der Waals surface area contributed by atoms with E-state index in [1.807, 2.05) is 54.6 Å². The third kappa shape index (κ3) is 3.13. The highest BCUT2D eigenvalue weighted by Gasteiger charge is 2.25. The van der Waals surface area contributed by atoms with Crippen LogP contribution < -0.4 is 5.32 Å². The Balaban J connectivity index is 1.65. The van der Waals surface area contributed by atoms with Crippen molar-refractivity contribution in [1.82, 2.24) is 9.55 Å². The summed E-state index contributed by atoms with van der Waals surface area (Å²) < 4.78 is 6.99. The number of carbonyl (C=O) groups excluding carboxylic acids is 1. The molecule has 1 unspecified atom stereocenters. The van der Waals surface area contributed by atoms with Crippen LogP contribution in [0.1, 0.15) is 27.5 Å². The second-order valence-corrected chi connectivity index (χ2v) is 7.50. The van der Waals surface area contributed by atoms with E-state index in [0.717, 1.165) is 33.8 Å². The Morgan fingerprint density at radius 3 is 2.50 bits per heavy atom. The van der Waals surface area contributed by atoms with Gasteiger partial charge in [-0.2, -0.15) is 0 Å². The maximum atomic E-state index is 11.8. The highest BCUT2D eigenvalue weighted by molar-refractivity contribution is 6.30. The van der Waals surface area contributed by atoms with Crippen molar-refractivity contribution in [3.05, 3.63) is 101 Å². The summed E-state index contributed by atoms with van der Waals surface area (Å²) in [7, 11) is 1.38. The highest BCUT2D eigenvalue weighted by Crippen LogP contribution is 2.37. The molecule has 0 saturated carbocycles. The summed E-state index contributed by atoms with van der Waals surface area (Å²) in [6, 6.07) is 23.2. The number of hydrogen-bond donors (Lipinski definition) is 1.